The summed E-state index contributed by atoms with van der Waals surface area (Å²) in [7, 11) is 0. The lowest BCUT2D eigenvalue weighted by molar-refractivity contribution is 0.0944. The molecule has 0 aliphatic carbocycles. The van der Waals surface area contributed by atoms with Gasteiger partial charge in [0.15, 0.2) is 0 Å². The number of aryl methyl sites for hydroxylation is 1. The molecule has 0 saturated heterocycles. The van der Waals surface area contributed by atoms with E-state index in [2.05, 4.69) is 20.5 Å². The van der Waals surface area contributed by atoms with E-state index in [1.807, 2.05) is 37.3 Å². The van der Waals surface area contributed by atoms with Gasteiger partial charge in [0, 0.05) is 23.5 Å². The van der Waals surface area contributed by atoms with Crippen molar-refractivity contribution in [2.24, 2.45) is 0 Å². The molecule has 0 fully saturated rings. The molecule has 0 aliphatic heterocycles. The van der Waals surface area contributed by atoms with Gasteiger partial charge < -0.3 is 5.32 Å². The van der Waals surface area contributed by atoms with E-state index in [9.17, 15) is 4.79 Å². The summed E-state index contributed by atoms with van der Waals surface area (Å²) >= 11 is 0. The molecule has 0 unspecified atom stereocenters. The minimum Gasteiger partial charge on any atom is -0.346 e. The van der Waals surface area contributed by atoms with Crippen LogP contribution in [0.25, 0.3) is 5.69 Å². The predicted octanol–water partition coefficient (Wildman–Crippen LogP) is 1.83. The van der Waals surface area contributed by atoms with E-state index in [1.54, 1.807) is 23.3 Å². The normalized spacial score (nSPS) is 10.5. The van der Waals surface area contributed by atoms with E-state index in [4.69, 9.17) is 0 Å². The summed E-state index contributed by atoms with van der Waals surface area (Å²) in [6, 6.07) is 9.64. The highest BCUT2D eigenvalue weighted by atomic mass is 16.1. The van der Waals surface area contributed by atoms with Gasteiger partial charge >= 0.3 is 0 Å². The first-order chi connectivity index (χ1) is 10.3. The van der Waals surface area contributed by atoms with Crippen molar-refractivity contribution in [3.05, 3.63) is 66.0 Å². The van der Waals surface area contributed by atoms with Gasteiger partial charge in [0.05, 0.1) is 18.7 Å². The zero-order valence-corrected chi connectivity index (χ0v) is 11.6. The van der Waals surface area contributed by atoms with Crippen LogP contribution in [-0.2, 0) is 6.54 Å². The molecule has 21 heavy (non-hydrogen) atoms. The molecule has 0 spiro atoms. The van der Waals surface area contributed by atoms with Gasteiger partial charge in [-0.1, -0.05) is 18.2 Å². The Morgan fingerprint density at radius 2 is 2.10 bits per heavy atom. The van der Waals surface area contributed by atoms with E-state index in [0.717, 1.165) is 16.9 Å². The standard InChI is InChI=1S/C15H15N5O/c1-11-12(8-18-19-11)7-17-15(21)14-9-16-10-20(14)13-5-3-2-4-6-13/h2-6,8-10H,7H2,1H3,(H,17,21)(H,18,19). The Bertz CT molecular complexity index is 744. The van der Waals surface area contributed by atoms with Crippen LogP contribution >= 0.6 is 0 Å². The predicted molar refractivity (Wildman–Crippen MR) is 78.1 cm³/mol. The van der Waals surface area contributed by atoms with E-state index in [0.29, 0.717) is 12.2 Å². The number of benzene rings is 1. The van der Waals surface area contributed by atoms with E-state index in [1.165, 1.54) is 0 Å². The zero-order valence-electron chi connectivity index (χ0n) is 11.6. The van der Waals surface area contributed by atoms with Gasteiger partial charge in [-0.15, -0.1) is 0 Å². The van der Waals surface area contributed by atoms with Crippen molar-refractivity contribution in [3.8, 4) is 5.69 Å². The molecule has 0 bridgehead atoms. The quantitative estimate of drug-likeness (QED) is 0.766. The highest BCUT2D eigenvalue weighted by molar-refractivity contribution is 5.92. The first kappa shape index (κ1) is 13.1. The van der Waals surface area contributed by atoms with Crippen LogP contribution in [0.1, 0.15) is 21.7 Å². The number of carbonyl (C=O) groups is 1. The van der Waals surface area contributed by atoms with Crippen LogP contribution in [-0.4, -0.2) is 25.7 Å². The lowest BCUT2D eigenvalue weighted by atomic mass is 10.2. The molecule has 0 aliphatic rings. The molecule has 6 nitrogen and oxygen atoms in total. The van der Waals surface area contributed by atoms with E-state index in [-0.39, 0.29) is 5.91 Å². The fraction of sp³-hybridized carbons (Fsp3) is 0.133. The van der Waals surface area contributed by atoms with Crippen LogP contribution in [0.4, 0.5) is 0 Å². The van der Waals surface area contributed by atoms with Crippen molar-refractivity contribution in [1.29, 1.82) is 0 Å². The van der Waals surface area contributed by atoms with E-state index < -0.39 is 0 Å². The highest BCUT2D eigenvalue weighted by Crippen LogP contribution is 2.11. The first-order valence-electron chi connectivity index (χ1n) is 6.60. The third-order valence-electron chi connectivity index (χ3n) is 3.28. The third-order valence-corrected chi connectivity index (χ3v) is 3.28. The minimum absolute atomic E-state index is 0.169. The number of aromatic amines is 1. The van der Waals surface area contributed by atoms with Crippen LogP contribution in [0, 0.1) is 6.92 Å². The molecular formula is C15H15N5O. The molecule has 1 aromatic carbocycles. The lowest BCUT2D eigenvalue weighted by Gasteiger charge is -2.08. The Hall–Kier alpha value is -2.89. The number of aromatic nitrogens is 4. The molecule has 2 heterocycles. The van der Waals surface area contributed by atoms with Crippen molar-refractivity contribution < 1.29 is 4.79 Å². The Morgan fingerprint density at radius 3 is 2.81 bits per heavy atom. The third kappa shape index (κ3) is 2.69. The Kier molecular flexibility index (Phi) is 3.51. The minimum atomic E-state index is -0.169. The van der Waals surface area contributed by atoms with Gasteiger partial charge in [0.1, 0.15) is 5.69 Å². The van der Waals surface area contributed by atoms with Crippen LogP contribution in [0.5, 0.6) is 0 Å². The fourth-order valence-electron chi connectivity index (χ4n) is 2.08. The van der Waals surface area contributed by atoms with Crippen molar-refractivity contribution in [2.45, 2.75) is 13.5 Å². The maximum atomic E-state index is 12.3. The fourth-order valence-corrected chi connectivity index (χ4v) is 2.08. The topological polar surface area (TPSA) is 75.6 Å². The van der Waals surface area contributed by atoms with Crippen LogP contribution < -0.4 is 5.32 Å². The average Bonchev–Trinajstić information content (AvgIpc) is 3.15. The molecule has 106 valence electrons. The van der Waals surface area contributed by atoms with Crippen LogP contribution in [0.2, 0.25) is 0 Å². The number of hydrogen-bond acceptors (Lipinski definition) is 3. The summed E-state index contributed by atoms with van der Waals surface area (Å²) in [4.78, 5) is 16.4. The van der Waals surface area contributed by atoms with Crippen LogP contribution in [0.3, 0.4) is 0 Å². The molecule has 3 aromatic rings. The van der Waals surface area contributed by atoms with Crippen molar-refractivity contribution in [1.82, 2.24) is 25.1 Å². The molecule has 2 N–H and O–H groups in total. The van der Waals surface area contributed by atoms with Crippen LogP contribution in [0.15, 0.2) is 49.1 Å². The summed E-state index contributed by atoms with van der Waals surface area (Å²) in [6.45, 7) is 2.35. The summed E-state index contributed by atoms with van der Waals surface area (Å²) in [5.41, 5.74) is 3.32. The second-order valence-corrected chi connectivity index (χ2v) is 4.69. The number of nitrogens with one attached hydrogen (secondary N) is 2. The molecular weight excluding hydrogens is 266 g/mol. The SMILES string of the molecule is Cc1[nH]ncc1CNC(=O)c1cncn1-c1ccccc1. The summed E-state index contributed by atoms with van der Waals surface area (Å²) in [5.74, 6) is -0.169. The number of carbonyl (C=O) groups excluding carboxylic acids is 1. The number of para-hydroxylation sites is 1. The smallest absolute Gasteiger partial charge is 0.270 e. The number of H-pyrrole nitrogens is 1. The Labute approximate surface area is 121 Å². The number of hydrogen-bond donors (Lipinski definition) is 2. The summed E-state index contributed by atoms with van der Waals surface area (Å²) < 4.78 is 1.76. The van der Waals surface area contributed by atoms with Gasteiger partial charge in [0.2, 0.25) is 0 Å². The number of nitrogens with zero attached hydrogens (tertiary/aromatic N) is 3. The molecule has 1 amide bonds. The molecule has 6 heteroatoms. The summed E-state index contributed by atoms with van der Waals surface area (Å²) in [6.07, 6.45) is 4.90. The number of rotatable bonds is 4. The van der Waals surface area contributed by atoms with Crippen molar-refractivity contribution >= 4 is 5.91 Å². The van der Waals surface area contributed by atoms with Gasteiger partial charge in [-0.2, -0.15) is 5.10 Å². The van der Waals surface area contributed by atoms with Gasteiger partial charge in [-0.05, 0) is 19.1 Å². The average molecular weight is 281 g/mol. The number of amides is 1. The molecule has 2 aromatic heterocycles. The lowest BCUT2D eigenvalue weighted by Crippen LogP contribution is -2.25. The maximum absolute atomic E-state index is 12.3. The Morgan fingerprint density at radius 1 is 1.29 bits per heavy atom. The molecule has 0 atom stereocenters. The largest absolute Gasteiger partial charge is 0.346 e. The highest BCUT2D eigenvalue weighted by Gasteiger charge is 2.13. The molecule has 0 radical (unpaired) electrons. The van der Waals surface area contributed by atoms with Gasteiger partial charge in [0.25, 0.3) is 5.91 Å². The molecule has 0 saturated carbocycles. The Balaban J connectivity index is 1.77. The second-order valence-electron chi connectivity index (χ2n) is 4.69. The van der Waals surface area contributed by atoms with Gasteiger partial charge in [-0.25, -0.2) is 4.98 Å². The second kappa shape index (κ2) is 5.62. The zero-order chi connectivity index (χ0) is 14.7. The monoisotopic (exact) mass is 281 g/mol. The van der Waals surface area contributed by atoms with E-state index >= 15 is 0 Å². The molecule has 3 rings (SSSR count). The summed E-state index contributed by atoms with van der Waals surface area (Å²) in [5, 5.41) is 9.66. The maximum Gasteiger partial charge on any atom is 0.270 e. The van der Waals surface area contributed by atoms with Gasteiger partial charge in [-0.3, -0.25) is 14.5 Å². The first-order valence-corrected chi connectivity index (χ1v) is 6.60. The number of imidazole rings is 1. The van der Waals surface area contributed by atoms with Crippen molar-refractivity contribution in [3.63, 3.8) is 0 Å². The van der Waals surface area contributed by atoms with Crippen molar-refractivity contribution in [2.75, 3.05) is 0 Å².